The molecule has 3 N–H and O–H groups in total. The van der Waals surface area contributed by atoms with Crippen LogP contribution in [-0.4, -0.2) is 113 Å². The Morgan fingerprint density at radius 2 is 1.73 bits per heavy atom. The molecule has 362 valence electrons. The number of piperazine rings is 1. The van der Waals surface area contributed by atoms with E-state index in [-0.39, 0.29) is 23.9 Å². The van der Waals surface area contributed by atoms with Crippen molar-refractivity contribution in [3.63, 3.8) is 0 Å². The standard InChI is InChI=1S/C53H60N12O5/c1-3-22-64-51(68)41-31-54-52(58-49(41)65(64)44-15-6-34-17-21-53(69,4-2)48(34)56-44)55-35-7-10-36(11-8-35)61-26-28-62(29-27-61)37-18-23-60(24-19-37)32-33-5-9-38(30-33)63-25-20-39-42(63)13-14-43-46(39)47(59-70-43)40-12-16-45(66)57-50(40)67/h3,6-8,10-11,13-15,20,25,31,33,37-38,40,69H,1,4-5,9,12,16-19,21-24,26-30,32H2,2H3,(H,54,55,58)(H,57,66,67)/t33?,38?,40?,53-/m1/s1. The zero-order chi connectivity index (χ0) is 47.7. The zero-order valence-electron chi connectivity index (χ0n) is 39.7. The highest BCUT2D eigenvalue weighted by molar-refractivity contribution is 6.09. The van der Waals surface area contributed by atoms with Crippen LogP contribution < -0.4 is 21.1 Å². The number of aliphatic hydroxyl groups is 1. The fourth-order valence-electron chi connectivity index (χ4n) is 12.4. The number of hydrogen-bond acceptors (Lipinski definition) is 13. The van der Waals surface area contributed by atoms with Crippen molar-refractivity contribution in [3.8, 4) is 5.82 Å². The molecule has 5 aromatic heterocycles. The van der Waals surface area contributed by atoms with Crippen LogP contribution in [0.5, 0.6) is 0 Å². The Kier molecular flexibility index (Phi) is 11.4. The molecule has 4 atom stereocenters. The number of allylic oxidation sites excluding steroid dienone is 1. The van der Waals surface area contributed by atoms with Gasteiger partial charge < -0.3 is 29.3 Å². The number of likely N-dealkylation sites (tertiary alicyclic amines) is 1. The summed E-state index contributed by atoms with van der Waals surface area (Å²) in [7, 11) is 0. The number of aromatic nitrogens is 7. The first kappa shape index (κ1) is 44.5. The number of fused-ring (bicyclic) bond motifs is 5. The number of amides is 2. The first-order valence-corrected chi connectivity index (χ1v) is 25.3. The van der Waals surface area contributed by atoms with Crippen LogP contribution >= 0.6 is 0 Å². The number of rotatable bonds is 12. The summed E-state index contributed by atoms with van der Waals surface area (Å²) in [5.74, 6) is 0.531. The Bertz CT molecular complexity index is 3210. The number of imide groups is 1. The second-order valence-corrected chi connectivity index (χ2v) is 20.2. The quantitative estimate of drug-likeness (QED) is 0.0870. The molecule has 17 nitrogen and oxygen atoms in total. The average Bonchev–Trinajstić information content (AvgIpc) is 4.23. The van der Waals surface area contributed by atoms with Gasteiger partial charge in [-0.2, -0.15) is 4.98 Å². The average molecular weight is 945 g/mol. The summed E-state index contributed by atoms with van der Waals surface area (Å²) in [6.45, 7) is 13.6. The number of carbonyl (C=O) groups excluding carboxylic acids is 2. The topological polar surface area (TPSA) is 185 Å². The molecular weight excluding hydrogens is 885 g/mol. The number of aryl methyl sites for hydroxylation is 1. The molecule has 0 bridgehead atoms. The number of anilines is 3. The third-order valence-electron chi connectivity index (χ3n) is 16.2. The molecule has 4 fully saturated rings. The number of piperidine rings is 2. The second-order valence-electron chi connectivity index (χ2n) is 20.2. The largest absolute Gasteiger partial charge is 0.384 e. The van der Waals surface area contributed by atoms with Crippen molar-refractivity contribution in [1.82, 2.24) is 49.2 Å². The fourth-order valence-corrected chi connectivity index (χ4v) is 12.4. The number of nitrogens with one attached hydrogen (secondary N) is 2. The fraction of sp³-hybridized carbons (Fsp3) is 0.453. The van der Waals surface area contributed by atoms with Gasteiger partial charge in [-0.25, -0.2) is 19.3 Å². The van der Waals surface area contributed by atoms with Crippen molar-refractivity contribution in [1.29, 1.82) is 0 Å². The summed E-state index contributed by atoms with van der Waals surface area (Å²) in [6, 6.07) is 19.6. The van der Waals surface area contributed by atoms with Crippen LogP contribution in [0.2, 0.25) is 0 Å². The van der Waals surface area contributed by atoms with E-state index >= 15 is 0 Å². The van der Waals surface area contributed by atoms with Crippen LogP contribution in [0.15, 0.2) is 89.0 Å². The van der Waals surface area contributed by atoms with Crippen molar-refractivity contribution < 1.29 is 19.2 Å². The number of carbonyl (C=O) groups is 2. The molecule has 2 aromatic carbocycles. The van der Waals surface area contributed by atoms with Gasteiger partial charge in [0.25, 0.3) is 5.56 Å². The molecular formula is C53H60N12O5. The van der Waals surface area contributed by atoms with Crippen molar-refractivity contribution >= 4 is 62.0 Å². The minimum absolute atomic E-state index is 0.231. The first-order valence-electron chi connectivity index (χ1n) is 25.3. The highest BCUT2D eigenvalue weighted by Gasteiger charge is 2.38. The normalized spacial score (nSPS) is 23.7. The number of pyridine rings is 1. The Morgan fingerprint density at radius 3 is 2.51 bits per heavy atom. The lowest BCUT2D eigenvalue weighted by Crippen LogP contribution is -2.53. The monoisotopic (exact) mass is 944 g/mol. The summed E-state index contributed by atoms with van der Waals surface area (Å²) in [6.07, 6.45) is 14.1. The molecule has 70 heavy (non-hydrogen) atoms. The predicted octanol–water partition coefficient (Wildman–Crippen LogP) is 6.69. The van der Waals surface area contributed by atoms with Gasteiger partial charge in [0, 0.05) is 85.9 Å². The van der Waals surface area contributed by atoms with Crippen LogP contribution in [0.4, 0.5) is 17.3 Å². The lowest BCUT2D eigenvalue weighted by atomic mass is 9.92. The zero-order valence-corrected chi connectivity index (χ0v) is 39.7. The van der Waals surface area contributed by atoms with E-state index in [0.717, 1.165) is 92.6 Å². The minimum Gasteiger partial charge on any atom is -0.384 e. The number of nitrogens with zero attached hydrogens (tertiary/aromatic N) is 10. The van der Waals surface area contributed by atoms with Gasteiger partial charge in [0.05, 0.1) is 23.5 Å². The summed E-state index contributed by atoms with van der Waals surface area (Å²) in [5, 5.41) is 23.8. The Morgan fingerprint density at radius 1 is 0.900 bits per heavy atom. The highest BCUT2D eigenvalue weighted by Crippen LogP contribution is 2.42. The Balaban J connectivity index is 0.637. The van der Waals surface area contributed by atoms with Gasteiger partial charge in [-0.15, -0.1) is 6.58 Å². The molecule has 3 aliphatic heterocycles. The van der Waals surface area contributed by atoms with Crippen molar-refractivity contribution in [2.45, 2.75) is 101 Å². The molecule has 3 saturated heterocycles. The second kappa shape index (κ2) is 17.9. The van der Waals surface area contributed by atoms with Crippen molar-refractivity contribution in [2.75, 3.05) is 56.0 Å². The van der Waals surface area contributed by atoms with Gasteiger partial charge >= 0.3 is 0 Å². The van der Waals surface area contributed by atoms with Gasteiger partial charge in [-0.05, 0) is 131 Å². The molecule has 12 rings (SSSR count). The molecule has 3 unspecified atom stereocenters. The molecule has 0 radical (unpaired) electrons. The van der Waals surface area contributed by atoms with Crippen LogP contribution in [-0.2, 0) is 28.2 Å². The number of hydrogen-bond donors (Lipinski definition) is 3. The maximum atomic E-state index is 13.6. The molecule has 1 saturated carbocycles. The maximum Gasteiger partial charge on any atom is 0.278 e. The van der Waals surface area contributed by atoms with E-state index in [2.05, 4.69) is 89.2 Å². The van der Waals surface area contributed by atoms with Crippen LogP contribution in [0.25, 0.3) is 38.7 Å². The lowest BCUT2D eigenvalue weighted by Gasteiger charge is -2.43. The van der Waals surface area contributed by atoms with Gasteiger partial charge in [0.15, 0.2) is 17.0 Å². The van der Waals surface area contributed by atoms with E-state index in [0.29, 0.717) is 83.5 Å². The lowest BCUT2D eigenvalue weighted by molar-refractivity contribution is -0.134. The summed E-state index contributed by atoms with van der Waals surface area (Å²) in [4.78, 5) is 60.4. The van der Waals surface area contributed by atoms with Gasteiger partial charge in [0.2, 0.25) is 17.8 Å². The predicted molar refractivity (Wildman–Crippen MR) is 268 cm³/mol. The van der Waals surface area contributed by atoms with Crippen LogP contribution in [0.1, 0.15) is 93.6 Å². The molecule has 2 amide bonds. The van der Waals surface area contributed by atoms with E-state index in [1.54, 1.807) is 21.6 Å². The van der Waals surface area contributed by atoms with Gasteiger partial charge in [-0.3, -0.25) is 24.6 Å². The van der Waals surface area contributed by atoms with E-state index in [1.807, 2.05) is 25.1 Å². The Labute approximate surface area is 405 Å². The van der Waals surface area contributed by atoms with Crippen LogP contribution in [0.3, 0.4) is 0 Å². The molecule has 5 aliphatic rings. The Hall–Kier alpha value is -6.69. The summed E-state index contributed by atoms with van der Waals surface area (Å²) < 4.78 is 11.4. The molecule has 7 aromatic rings. The summed E-state index contributed by atoms with van der Waals surface area (Å²) >= 11 is 0. The summed E-state index contributed by atoms with van der Waals surface area (Å²) in [5.41, 5.74) is 5.39. The molecule has 17 heteroatoms. The highest BCUT2D eigenvalue weighted by atomic mass is 16.5. The van der Waals surface area contributed by atoms with E-state index in [4.69, 9.17) is 14.5 Å². The maximum absolute atomic E-state index is 13.6. The van der Waals surface area contributed by atoms with Gasteiger partial charge in [-0.1, -0.05) is 24.2 Å². The van der Waals surface area contributed by atoms with Crippen molar-refractivity contribution in [3.05, 3.63) is 107 Å². The van der Waals surface area contributed by atoms with E-state index < -0.39 is 11.5 Å². The first-order chi connectivity index (χ1) is 34.1. The molecule has 8 heterocycles. The van der Waals surface area contributed by atoms with Gasteiger partial charge in [0.1, 0.15) is 16.7 Å². The smallest absolute Gasteiger partial charge is 0.278 e. The third kappa shape index (κ3) is 7.87. The van der Waals surface area contributed by atoms with Crippen LogP contribution in [0, 0.1) is 5.92 Å². The third-order valence-corrected chi connectivity index (χ3v) is 16.2. The van der Waals surface area contributed by atoms with E-state index in [1.165, 1.54) is 24.9 Å². The van der Waals surface area contributed by atoms with E-state index in [9.17, 15) is 19.5 Å². The molecule has 0 spiro atoms. The minimum atomic E-state index is -0.991. The number of benzene rings is 2. The van der Waals surface area contributed by atoms with Crippen molar-refractivity contribution in [2.24, 2.45) is 5.92 Å². The molecule has 2 aliphatic carbocycles. The SMILES string of the molecule is C=CCn1c(=O)c2cnc(Nc3ccc(N4CCN(C5CCN(CC6CCC(n7ccc8c9c(C%10CCC(=O)NC%10=O)noc9ccc87)C6)CC5)CC4)cc3)nc2n1-c1ccc2c(n1)[C@@](O)(CC)CC2.